The first-order chi connectivity index (χ1) is 9.76. The molecule has 4 rings (SSSR count). The van der Waals surface area contributed by atoms with Gasteiger partial charge in [-0.05, 0) is 43.7 Å². The highest BCUT2D eigenvalue weighted by molar-refractivity contribution is 5.89. The Morgan fingerprint density at radius 1 is 1.05 bits per heavy atom. The minimum absolute atomic E-state index is 0.583. The Balaban J connectivity index is 1.75. The van der Waals surface area contributed by atoms with Crippen molar-refractivity contribution < 1.29 is 0 Å². The summed E-state index contributed by atoms with van der Waals surface area (Å²) in [5, 5.41) is 1.20. The quantitative estimate of drug-likeness (QED) is 0.788. The predicted octanol–water partition coefficient (Wildman–Crippen LogP) is 3.71. The smallest absolute Gasteiger partial charge is 0.140 e. The topological polar surface area (TPSA) is 29.0 Å². The number of nitrogens with zero attached hydrogens (tertiary/aromatic N) is 3. The molecule has 0 bridgehead atoms. The van der Waals surface area contributed by atoms with Crippen LogP contribution in [0.15, 0.2) is 24.3 Å². The van der Waals surface area contributed by atoms with Crippen LogP contribution in [0.3, 0.4) is 0 Å². The van der Waals surface area contributed by atoms with Crippen LogP contribution in [-0.4, -0.2) is 23.1 Å². The van der Waals surface area contributed by atoms with Crippen molar-refractivity contribution in [1.82, 2.24) is 9.97 Å². The Morgan fingerprint density at radius 2 is 1.85 bits per heavy atom. The molecule has 1 saturated heterocycles. The van der Waals surface area contributed by atoms with Crippen LogP contribution >= 0.6 is 0 Å². The summed E-state index contributed by atoms with van der Waals surface area (Å²) in [6.07, 6.45) is 6.98. The lowest BCUT2D eigenvalue weighted by atomic mass is 9.86. The molecule has 0 unspecified atom stereocenters. The molecule has 2 aromatic rings. The molecule has 1 aliphatic carbocycles. The van der Waals surface area contributed by atoms with Gasteiger partial charge in [0.15, 0.2) is 0 Å². The Hall–Kier alpha value is -1.64. The van der Waals surface area contributed by atoms with Gasteiger partial charge < -0.3 is 4.90 Å². The van der Waals surface area contributed by atoms with Crippen LogP contribution in [0, 0.1) is 12.3 Å². The third-order valence-electron chi connectivity index (χ3n) is 5.10. The fourth-order valence-electron chi connectivity index (χ4n) is 4.06. The molecular formula is C17H21N3. The molecule has 1 aliphatic heterocycles. The van der Waals surface area contributed by atoms with E-state index in [1.54, 1.807) is 0 Å². The van der Waals surface area contributed by atoms with Crippen LogP contribution < -0.4 is 4.90 Å². The number of benzene rings is 1. The second kappa shape index (κ2) is 4.44. The second-order valence-electron chi connectivity index (χ2n) is 6.49. The summed E-state index contributed by atoms with van der Waals surface area (Å²) in [5.41, 5.74) is 1.65. The molecule has 1 saturated carbocycles. The van der Waals surface area contributed by atoms with Crippen LogP contribution in [0.1, 0.15) is 37.9 Å². The maximum atomic E-state index is 4.75. The summed E-state index contributed by atoms with van der Waals surface area (Å²) in [6, 6.07) is 8.39. The lowest BCUT2D eigenvalue weighted by molar-refractivity contribution is 0.340. The first-order valence-corrected chi connectivity index (χ1v) is 7.74. The van der Waals surface area contributed by atoms with E-state index >= 15 is 0 Å². The molecule has 20 heavy (non-hydrogen) atoms. The number of hydrogen-bond acceptors (Lipinski definition) is 3. The van der Waals surface area contributed by atoms with Crippen molar-refractivity contribution in [1.29, 1.82) is 0 Å². The average molecular weight is 267 g/mol. The van der Waals surface area contributed by atoms with Crippen LogP contribution in [0.25, 0.3) is 10.9 Å². The van der Waals surface area contributed by atoms with Gasteiger partial charge >= 0.3 is 0 Å². The Kier molecular flexibility index (Phi) is 2.69. The van der Waals surface area contributed by atoms with E-state index < -0.39 is 0 Å². The Labute approximate surface area is 120 Å². The second-order valence-corrected chi connectivity index (χ2v) is 6.49. The molecule has 104 valence electrons. The van der Waals surface area contributed by atoms with Gasteiger partial charge in [0, 0.05) is 18.5 Å². The molecule has 1 aromatic carbocycles. The van der Waals surface area contributed by atoms with Crippen LogP contribution in [0.2, 0.25) is 0 Å². The van der Waals surface area contributed by atoms with Crippen LogP contribution in [0.4, 0.5) is 5.82 Å². The highest BCUT2D eigenvalue weighted by atomic mass is 15.2. The molecule has 3 heteroatoms. The number of aromatic nitrogens is 2. The third kappa shape index (κ3) is 1.88. The maximum absolute atomic E-state index is 4.75. The fraction of sp³-hybridized carbons (Fsp3) is 0.529. The summed E-state index contributed by atoms with van der Waals surface area (Å²) in [6.45, 7) is 4.34. The molecule has 0 amide bonds. The molecule has 3 nitrogen and oxygen atoms in total. The predicted molar refractivity (Wildman–Crippen MR) is 82.0 cm³/mol. The number of fused-ring (bicyclic) bond motifs is 1. The number of para-hydroxylation sites is 1. The lowest BCUT2D eigenvalue weighted by Gasteiger charge is -2.24. The van der Waals surface area contributed by atoms with Gasteiger partial charge in [-0.25, -0.2) is 9.97 Å². The molecule has 1 spiro atoms. The monoisotopic (exact) mass is 267 g/mol. The first-order valence-electron chi connectivity index (χ1n) is 7.74. The normalized spacial score (nSPS) is 21.1. The van der Waals surface area contributed by atoms with Crippen molar-refractivity contribution in [2.45, 2.75) is 39.0 Å². The van der Waals surface area contributed by atoms with Gasteiger partial charge in [-0.3, -0.25) is 0 Å². The van der Waals surface area contributed by atoms with E-state index in [2.05, 4.69) is 34.1 Å². The maximum Gasteiger partial charge on any atom is 0.140 e. The fourth-order valence-corrected chi connectivity index (χ4v) is 4.06. The largest absolute Gasteiger partial charge is 0.355 e. The van der Waals surface area contributed by atoms with Crippen LogP contribution in [-0.2, 0) is 0 Å². The summed E-state index contributed by atoms with van der Waals surface area (Å²) < 4.78 is 0. The molecule has 1 aromatic heterocycles. The summed E-state index contributed by atoms with van der Waals surface area (Å²) >= 11 is 0. The Morgan fingerprint density at radius 3 is 2.70 bits per heavy atom. The SMILES string of the molecule is Cc1nc(N2CCC3(CCCC3)C2)c2ccccc2n1. The summed E-state index contributed by atoms with van der Waals surface area (Å²) in [7, 11) is 0. The molecule has 2 fully saturated rings. The van der Waals surface area contributed by atoms with E-state index in [-0.39, 0.29) is 0 Å². The highest BCUT2D eigenvalue weighted by Gasteiger charge is 2.40. The number of rotatable bonds is 1. The standard InChI is InChI=1S/C17H21N3/c1-13-18-15-7-3-2-6-14(15)16(19-13)20-11-10-17(12-20)8-4-5-9-17/h2-3,6-7H,4-5,8-12H2,1H3. The van der Waals surface area contributed by atoms with E-state index in [1.165, 1.54) is 44.0 Å². The molecule has 0 atom stereocenters. The van der Waals surface area contributed by atoms with E-state index in [0.29, 0.717) is 5.41 Å². The van der Waals surface area contributed by atoms with Crippen molar-refractivity contribution in [3.8, 4) is 0 Å². The van der Waals surface area contributed by atoms with Crippen molar-refractivity contribution >= 4 is 16.7 Å². The molecule has 2 aliphatic rings. The van der Waals surface area contributed by atoms with Gasteiger partial charge in [0.25, 0.3) is 0 Å². The number of hydrogen-bond donors (Lipinski definition) is 0. The van der Waals surface area contributed by atoms with Gasteiger partial charge in [0.1, 0.15) is 11.6 Å². The average Bonchev–Trinajstić information content (AvgIpc) is 3.09. The van der Waals surface area contributed by atoms with Gasteiger partial charge in [0.05, 0.1) is 5.52 Å². The van der Waals surface area contributed by atoms with Gasteiger partial charge in [-0.15, -0.1) is 0 Å². The lowest BCUT2D eigenvalue weighted by Crippen LogP contribution is -2.26. The first kappa shape index (κ1) is 12.1. The van der Waals surface area contributed by atoms with Crippen molar-refractivity contribution in [3.63, 3.8) is 0 Å². The summed E-state index contributed by atoms with van der Waals surface area (Å²) in [5.74, 6) is 2.03. The van der Waals surface area contributed by atoms with Crippen molar-refractivity contribution in [2.75, 3.05) is 18.0 Å². The van der Waals surface area contributed by atoms with Gasteiger partial charge in [-0.1, -0.05) is 25.0 Å². The van der Waals surface area contributed by atoms with Gasteiger partial charge in [0.2, 0.25) is 0 Å². The van der Waals surface area contributed by atoms with Crippen LogP contribution in [0.5, 0.6) is 0 Å². The van der Waals surface area contributed by atoms with E-state index in [4.69, 9.17) is 4.98 Å². The van der Waals surface area contributed by atoms with Crippen molar-refractivity contribution in [3.05, 3.63) is 30.1 Å². The van der Waals surface area contributed by atoms with E-state index in [1.807, 2.05) is 6.92 Å². The van der Waals surface area contributed by atoms with E-state index in [0.717, 1.165) is 23.7 Å². The van der Waals surface area contributed by atoms with Crippen molar-refractivity contribution in [2.24, 2.45) is 5.41 Å². The minimum atomic E-state index is 0.583. The van der Waals surface area contributed by atoms with E-state index in [9.17, 15) is 0 Å². The summed E-state index contributed by atoms with van der Waals surface area (Å²) in [4.78, 5) is 11.8. The molecule has 0 radical (unpaired) electrons. The highest BCUT2D eigenvalue weighted by Crippen LogP contribution is 2.46. The number of anilines is 1. The number of aryl methyl sites for hydroxylation is 1. The zero-order chi connectivity index (χ0) is 13.6. The van der Waals surface area contributed by atoms with Gasteiger partial charge in [-0.2, -0.15) is 0 Å². The molecular weight excluding hydrogens is 246 g/mol. The molecule has 2 heterocycles. The minimum Gasteiger partial charge on any atom is -0.355 e. The zero-order valence-electron chi connectivity index (χ0n) is 12.1. The Bertz CT molecular complexity index is 644. The third-order valence-corrected chi connectivity index (χ3v) is 5.10. The molecule has 0 N–H and O–H groups in total. The zero-order valence-corrected chi connectivity index (χ0v) is 12.1.